The normalized spacial score (nSPS) is 11.1. The van der Waals surface area contributed by atoms with Crippen molar-refractivity contribution in [2.75, 3.05) is 0 Å². The number of carbonyl (C=O) groups is 2. The second-order valence-electron chi connectivity index (χ2n) is 4.85. The van der Waals surface area contributed by atoms with Crippen molar-refractivity contribution in [3.05, 3.63) is 47.5 Å². The number of benzene rings is 2. The van der Waals surface area contributed by atoms with Gasteiger partial charge in [-0.15, -0.1) is 0 Å². The van der Waals surface area contributed by atoms with Gasteiger partial charge < -0.3 is 10.1 Å². The number of aromatic amines is 1. The van der Waals surface area contributed by atoms with Gasteiger partial charge in [-0.25, -0.2) is 0 Å². The van der Waals surface area contributed by atoms with Gasteiger partial charge in [0, 0.05) is 27.4 Å². The van der Waals surface area contributed by atoms with Crippen LogP contribution in [-0.4, -0.2) is 21.8 Å². The summed E-state index contributed by atoms with van der Waals surface area (Å²) in [5.74, 6) is -0.869. The third kappa shape index (κ3) is 1.95. The predicted molar refractivity (Wildman–Crippen MR) is 77.1 cm³/mol. The zero-order valence-electron chi connectivity index (χ0n) is 10.9. The number of H-pyrrole nitrogens is 1. The Kier molecular flexibility index (Phi) is 2.79. The van der Waals surface area contributed by atoms with Gasteiger partial charge in [0.05, 0.1) is 6.42 Å². The Labute approximate surface area is 115 Å². The molecule has 4 heteroatoms. The molecular formula is C16H13NO3. The number of aromatic nitrogens is 1. The smallest absolute Gasteiger partial charge is 0.307 e. The predicted octanol–water partition coefficient (Wildman–Crippen LogP) is 3.15. The number of hydrogen-bond acceptors (Lipinski definition) is 2. The summed E-state index contributed by atoms with van der Waals surface area (Å²) in [6.45, 7) is 1.52. The lowest BCUT2D eigenvalue weighted by Gasteiger charge is -2.01. The standard InChI is InChI=1S/C16H13NO3/c1-9(18)10-5-6-13-12(7-10)16-11(8-15(19)20)3-2-4-14(16)17-13/h2-7,17H,8H2,1H3,(H,19,20). The van der Waals surface area contributed by atoms with Crippen LogP contribution in [0.15, 0.2) is 36.4 Å². The molecular weight excluding hydrogens is 254 g/mol. The lowest BCUT2D eigenvalue weighted by atomic mass is 10.0. The summed E-state index contributed by atoms with van der Waals surface area (Å²) in [6, 6.07) is 11.0. The van der Waals surface area contributed by atoms with E-state index >= 15 is 0 Å². The van der Waals surface area contributed by atoms with E-state index in [0.717, 1.165) is 27.4 Å². The Morgan fingerprint density at radius 2 is 1.95 bits per heavy atom. The summed E-state index contributed by atoms with van der Waals surface area (Å²) in [5, 5.41) is 10.8. The van der Waals surface area contributed by atoms with Crippen molar-refractivity contribution in [1.29, 1.82) is 0 Å². The number of rotatable bonds is 3. The first kappa shape index (κ1) is 12.4. The van der Waals surface area contributed by atoms with Gasteiger partial charge in [-0.3, -0.25) is 9.59 Å². The molecule has 0 amide bonds. The van der Waals surface area contributed by atoms with E-state index in [1.165, 1.54) is 6.92 Å². The fourth-order valence-electron chi connectivity index (χ4n) is 2.56. The molecule has 2 aromatic carbocycles. The Morgan fingerprint density at radius 1 is 1.15 bits per heavy atom. The Bertz CT molecular complexity index is 845. The fourth-order valence-corrected chi connectivity index (χ4v) is 2.56. The first-order chi connectivity index (χ1) is 9.56. The van der Waals surface area contributed by atoms with E-state index in [9.17, 15) is 9.59 Å². The molecule has 0 aliphatic carbocycles. The third-order valence-corrected chi connectivity index (χ3v) is 3.46. The van der Waals surface area contributed by atoms with E-state index in [1.807, 2.05) is 30.3 Å². The summed E-state index contributed by atoms with van der Waals surface area (Å²) >= 11 is 0. The van der Waals surface area contributed by atoms with Crippen LogP contribution >= 0.6 is 0 Å². The molecule has 3 aromatic rings. The molecule has 0 saturated heterocycles. The van der Waals surface area contributed by atoms with Gasteiger partial charge in [0.1, 0.15) is 0 Å². The zero-order valence-corrected chi connectivity index (χ0v) is 10.9. The number of carboxylic acids is 1. The van der Waals surface area contributed by atoms with Crippen molar-refractivity contribution in [3.8, 4) is 0 Å². The van der Waals surface area contributed by atoms with E-state index in [4.69, 9.17) is 5.11 Å². The van der Waals surface area contributed by atoms with Crippen LogP contribution in [0.25, 0.3) is 21.8 Å². The average molecular weight is 267 g/mol. The van der Waals surface area contributed by atoms with Gasteiger partial charge in [0.2, 0.25) is 0 Å². The van der Waals surface area contributed by atoms with Crippen LogP contribution in [0.2, 0.25) is 0 Å². The Morgan fingerprint density at radius 3 is 2.65 bits per heavy atom. The number of nitrogens with one attached hydrogen (secondary N) is 1. The number of aliphatic carboxylic acids is 1. The summed E-state index contributed by atoms with van der Waals surface area (Å²) in [7, 11) is 0. The number of carbonyl (C=O) groups excluding carboxylic acids is 1. The highest BCUT2D eigenvalue weighted by atomic mass is 16.4. The summed E-state index contributed by atoms with van der Waals surface area (Å²) in [5.41, 5.74) is 3.17. The topological polar surface area (TPSA) is 70.2 Å². The maximum absolute atomic E-state index is 11.5. The Balaban J connectivity index is 2.36. The number of fused-ring (bicyclic) bond motifs is 3. The van der Waals surface area contributed by atoms with Crippen LogP contribution in [0, 0.1) is 0 Å². The van der Waals surface area contributed by atoms with Crippen molar-refractivity contribution in [2.24, 2.45) is 0 Å². The molecule has 1 heterocycles. The highest BCUT2D eigenvalue weighted by Crippen LogP contribution is 2.29. The average Bonchev–Trinajstić information content (AvgIpc) is 2.76. The third-order valence-electron chi connectivity index (χ3n) is 3.46. The molecule has 0 aliphatic rings. The molecule has 3 rings (SSSR count). The van der Waals surface area contributed by atoms with Crippen LogP contribution in [-0.2, 0) is 11.2 Å². The molecule has 2 N–H and O–H groups in total. The molecule has 0 fully saturated rings. The first-order valence-corrected chi connectivity index (χ1v) is 6.32. The quantitative estimate of drug-likeness (QED) is 0.716. The van der Waals surface area contributed by atoms with E-state index < -0.39 is 5.97 Å². The monoisotopic (exact) mass is 267 g/mol. The molecule has 0 aliphatic heterocycles. The van der Waals surface area contributed by atoms with Crippen LogP contribution < -0.4 is 0 Å². The number of hydrogen-bond donors (Lipinski definition) is 2. The number of ketones is 1. The van der Waals surface area contributed by atoms with Gasteiger partial charge in [-0.05, 0) is 36.8 Å². The van der Waals surface area contributed by atoms with Crippen LogP contribution in [0.5, 0.6) is 0 Å². The minimum atomic E-state index is -0.866. The molecule has 0 radical (unpaired) electrons. The second-order valence-corrected chi connectivity index (χ2v) is 4.85. The lowest BCUT2D eigenvalue weighted by molar-refractivity contribution is -0.136. The lowest BCUT2D eigenvalue weighted by Crippen LogP contribution is -2.00. The maximum Gasteiger partial charge on any atom is 0.307 e. The van der Waals surface area contributed by atoms with Gasteiger partial charge in [-0.2, -0.15) is 0 Å². The molecule has 20 heavy (non-hydrogen) atoms. The minimum absolute atomic E-state index is 0.00281. The Hall–Kier alpha value is -2.62. The second kappa shape index (κ2) is 4.49. The number of carboxylic acid groups (broad SMARTS) is 1. The van der Waals surface area contributed by atoms with Crippen LogP contribution in [0.1, 0.15) is 22.8 Å². The van der Waals surface area contributed by atoms with E-state index in [1.54, 1.807) is 6.07 Å². The van der Waals surface area contributed by atoms with E-state index in [2.05, 4.69) is 4.98 Å². The zero-order chi connectivity index (χ0) is 14.3. The molecule has 0 unspecified atom stereocenters. The van der Waals surface area contributed by atoms with Gasteiger partial charge >= 0.3 is 5.97 Å². The maximum atomic E-state index is 11.5. The SMILES string of the molecule is CC(=O)c1ccc2[nH]c3cccc(CC(=O)O)c3c2c1. The molecule has 4 nitrogen and oxygen atoms in total. The van der Waals surface area contributed by atoms with Crippen molar-refractivity contribution in [3.63, 3.8) is 0 Å². The van der Waals surface area contributed by atoms with Gasteiger partial charge in [-0.1, -0.05) is 12.1 Å². The summed E-state index contributed by atoms with van der Waals surface area (Å²) in [6.07, 6.45) is -0.0331. The summed E-state index contributed by atoms with van der Waals surface area (Å²) < 4.78 is 0. The van der Waals surface area contributed by atoms with Gasteiger partial charge in [0.25, 0.3) is 0 Å². The highest BCUT2D eigenvalue weighted by Gasteiger charge is 2.12. The molecule has 0 atom stereocenters. The van der Waals surface area contributed by atoms with Crippen LogP contribution in [0.3, 0.4) is 0 Å². The number of Topliss-reactive ketones (excluding diaryl/α,β-unsaturated/α-hetero) is 1. The fraction of sp³-hybridized carbons (Fsp3) is 0.125. The van der Waals surface area contributed by atoms with Gasteiger partial charge in [0.15, 0.2) is 5.78 Å². The molecule has 100 valence electrons. The molecule has 0 saturated carbocycles. The largest absolute Gasteiger partial charge is 0.481 e. The first-order valence-electron chi connectivity index (χ1n) is 6.32. The highest BCUT2D eigenvalue weighted by molar-refractivity contribution is 6.11. The molecule has 0 spiro atoms. The minimum Gasteiger partial charge on any atom is -0.481 e. The molecule has 1 aromatic heterocycles. The van der Waals surface area contributed by atoms with E-state index in [-0.39, 0.29) is 12.2 Å². The van der Waals surface area contributed by atoms with E-state index in [0.29, 0.717) is 5.56 Å². The van der Waals surface area contributed by atoms with Crippen molar-refractivity contribution in [2.45, 2.75) is 13.3 Å². The van der Waals surface area contributed by atoms with Crippen molar-refractivity contribution < 1.29 is 14.7 Å². The van der Waals surface area contributed by atoms with Crippen molar-refractivity contribution in [1.82, 2.24) is 4.98 Å². The summed E-state index contributed by atoms with van der Waals surface area (Å²) in [4.78, 5) is 25.7. The van der Waals surface area contributed by atoms with Crippen molar-refractivity contribution >= 4 is 33.6 Å². The molecule has 0 bridgehead atoms. The van der Waals surface area contributed by atoms with Crippen LogP contribution in [0.4, 0.5) is 0 Å².